The molecule has 0 saturated carbocycles. The van der Waals surface area contributed by atoms with E-state index in [-0.39, 0.29) is 5.54 Å². The van der Waals surface area contributed by atoms with Gasteiger partial charge in [0.15, 0.2) is 0 Å². The molecule has 18 heavy (non-hydrogen) atoms. The summed E-state index contributed by atoms with van der Waals surface area (Å²) in [7, 11) is 0. The van der Waals surface area contributed by atoms with Gasteiger partial charge < -0.3 is 5.32 Å². The standard InChI is InChI=1S/C14H19N3S/c1-10-7-5-6-8-11(10)13-12(18-17-16-13)9-15-14(2,3)4/h5-8,15H,9H2,1-4H3. The number of aryl methyl sites for hydroxylation is 1. The van der Waals surface area contributed by atoms with Gasteiger partial charge in [0, 0.05) is 17.6 Å². The van der Waals surface area contributed by atoms with Crippen LogP contribution in [0, 0.1) is 6.92 Å². The Morgan fingerprint density at radius 1 is 1.22 bits per heavy atom. The zero-order valence-corrected chi connectivity index (χ0v) is 12.1. The van der Waals surface area contributed by atoms with Crippen molar-refractivity contribution in [2.75, 3.05) is 0 Å². The van der Waals surface area contributed by atoms with Gasteiger partial charge in [0.1, 0.15) is 5.69 Å². The molecule has 4 heteroatoms. The second-order valence-electron chi connectivity index (χ2n) is 5.46. The lowest BCUT2D eigenvalue weighted by molar-refractivity contribution is 0.426. The SMILES string of the molecule is Cc1ccccc1-c1nnsc1CNC(C)(C)C. The minimum absolute atomic E-state index is 0.104. The van der Waals surface area contributed by atoms with E-state index in [2.05, 4.69) is 54.7 Å². The minimum atomic E-state index is 0.104. The van der Waals surface area contributed by atoms with E-state index in [0.717, 1.165) is 12.2 Å². The fourth-order valence-electron chi connectivity index (χ4n) is 1.71. The summed E-state index contributed by atoms with van der Waals surface area (Å²) in [6, 6.07) is 8.30. The molecule has 1 N–H and O–H groups in total. The van der Waals surface area contributed by atoms with Crippen LogP contribution in [0.1, 0.15) is 31.2 Å². The number of hydrogen-bond donors (Lipinski definition) is 1. The molecular weight excluding hydrogens is 242 g/mol. The topological polar surface area (TPSA) is 37.8 Å². The Balaban J connectivity index is 2.26. The van der Waals surface area contributed by atoms with Gasteiger partial charge in [-0.15, -0.1) is 5.10 Å². The zero-order chi connectivity index (χ0) is 13.2. The van der Waals surface area contributed by atoms with Crippen molar-refractivity contribution in [2.24, 2.45) is 0 Å². The maximum absolute atomic E-state index is 4.28. The summed E-state index contributed by atoms with van der Waals surface area (Å²) in [6.45, 7) is 9.40. The van der Waals surface area contributed by atoms with E-state index in [1.54, 1.807) is 0 Å². The van der Waals surface area contributed by atoms with E-state index < -0.39 is 0 Å². The summed E-state index contributed by atoms with van der Waals surface area (Å²) < 4.78 is 4.09. The average molecular weight is 261 g/mol. The fourth-order valence-corrected chi connectivity index (χ4v) is 2.31. The zero-order valence-electron chi connectivity index (χ0n) is 11.3. The van der Waals surface area contributed by atoms with Crippen LogP contribution in [0.4, 0.5) is 0 Å². The van der Waals surface area contributed by atoms with E-state index >= 15 is 0 Å². The largest absolute Gasteiger partial charge is 0.307 e. The van der Waals surface area contributed by atoms with E-state index in [4.69, 9.17) is 0 Å². The Bertz CT molecular complexity index is 526. The third kappa shape index (κ3) is 3.15. The molecule has 1 aromatic heterocycles. The van der Waals surface area contributed by atoms with Gasteiger partial charge in [-0.1, -0.05) is 28.8 Å². The van der Waals surface area contributed by atoms with Gasteiger partial charge in [-0.05, 0) is 44.8 Å². The van der Waals surface area contributed by atoms with Gasteiger partial charge in [-0.2, -0.15) is 0 Å². The fraction of sp³-hybridized carbons (Fsp3) is 0.429. The summed E-state index contributed by atoms with van der Waals surface area (Å²) in [4.78, 5) is 1.19. The van der Waals surface area contributed by atoms with Crippen molar-refractivity contribution in [3.63, 3.8) is 0 Å². The Morgan fingerprint density at radius 2 is 1.94 bits per heavy atom. The molecule has 0 aliphatic rings. The summed E-state index contributed by atoms with van der Waals surface area (Å²) in [5.74, 6) is 0. The number of rotatable bonds is 3. The Kier molecular flexibility index (Phi) is 3.78. The van der Waals surface area contributed by atoms with Crippen LogP contribution >= 0.6 is 11.5 Å². The van der Waals surface area contributed by atoms with Crippen LogP contribution in [0.15, 0.2) is 24.3 Å². The van der Waals surface area contributed by atoms with Gasteiger partial charge in [0.05, 0.1) is 4.88 Å². The summed E-state index contributed by atoms with van der Waals surface area (Å²) in [5, 5.41) is 7.76. The molecule has 0 atom stereocenters. The molecule has 0 bridgehead atoms. The quantitative estimate of drug-likeness (QED) is 0.920. The lowest BCUT2D eigenvalue weighted by Crippen LogP contribution is -2.34. The van der Waals surface area contributed by atoms with E-state index in [1.807, 2.05) is 12.1 Å². The van der Waals surface area contributed by atoms with E-state index in [0.29, 0.717) is 0 Å². The first-order valence-corrected chi connectivity index (χ1v) is 6.87. The molecule has 0 saturated heterocycles. The number of benzene rings is 1. The molecule has 2 aromatic rings. The maximum atomic E-state index is 4.28. The van der Waals surface area contributed by atoms with Gasteiger partial charge in [0.25, 0.3) is 0 Å². The summed E-state index contributed by atoms with van der Waals surface area (Å²) in [6.07, 6.45) is 0. The van der Waals surface area contributed by atoms with Crippen molar-refractivity contribution in [1.29, 1.82) is 0 Å². The van der Waals surface area contributed by atoms with Crippen LogP contribution in [-0.4, -0.2) is 15.1 Å². The van der Waals surface area contributed by atoms with Crippen LogP contribution in [0.5, 0.6) is 0 Å². The molecule has 1 aromatic carbocycles. The van der Waals surface area contributed by atoms with Crippen LogP contribution in [-0.2, 0) is 6.54 Å². The first kappa shape index (κ1) is 13.2. The molecule has 0 spiro atoms. The second-order valence-corrected chi connectivity index (χ2v) is 6.30. The first-order valence-electron chi connectivity index (χ1n) is 6.09. The minimum Gasteiger partial charge on any atom is -0.307 e. The van der Waals surface area contributed by atoms with Gasteiger partial charge in [-0.3, -0.25) is 0 Å². The van der Waals surface area contributed by atoms with Crippen LogP contribution in [0.25, 0.3) is 11.3 Å². The molecule has 0 fully saturated rings. The maximum Gasteiger partial charge on any atom is 0.110 e. The molecule has 0 unspecified atom stereocenters. The lowest BCUT2D eigenvalue weighted by atomic mass is 10.0. The third-order valence-corrected chi connectivity index (χ3v) is 3.46. The highest BCUT2D eigenvalue weighted by Crippen LogP contribution is 2.26. The smallest absolute Gasteiger partial charge is 0.110 e. The molecule has 0 aliphatic heterocycles. The van der Waals surface area contributed by atoms with Gasteiger partial charge >= 0.3 is 0 Å². The first-order chi connectivity index (χ1) is 8.47. The van der Waals surface area contributed by atoms with Crippen LogP contribution in [0.3, 0.4) is 0 Å². The average Bonchev–Trinajstić information content (AvgIpc) is 2.74. The Labute approximate surface area is 112 Å². The molecule has 0 radical (unpaired) electrons. The highest BCUT2D eigenvalue weighted by molar-refractivity contribution is 7.05. The van der Waals surface area contributed by atoms with Crippen molar-refractivity contribution in [3.05, 3.63) is 34.7 Å². The van der Waals surface area contributed by atoms with E-state index in [1.165, 1.54) is 27.5 Å². The van der Waals surface area contributed by atoms with Crippen LogP contribution < -0.4 is 5.32 Å². The Morgan fingerprint density at radius 3 is 2.61 bits per heavy atom. The van der Waals surface area contributed by atoms with Crippen molar-refractivity contribution < 1.29 is 0 Å². The number of nitrogens with one attached hydrogen (secondary N) is 1. The predicted molar refractivity (Wildman–Crippen MR) is 76.7 cm³/mol. The second kappa shape index (κ2) is 5.16. The normalized spacial score (nSPS) is 11.8. The lowest BCUT2D eigenvalue weighted by Gasteiger charge is -2.20. The molecule has 0 amide bonds. The van der Waals surface area contributed by atoms with Crippen molar-refractivity contribution in [1.82, 2.24) is 14.9 Å². The van der Waals surface area contributed by atoms with E-state index in [9.17, 15) is 0 Å². The summed E-state index contributed by atoms with van der Waals surface area (Å²) >= 11 is 1.47. The molecule has 3 nitrogen and oxygen atoms in total. The van der Waals surface area contributed by atoms with Crippen molar-refractivity contribution in [2.45, 2.75) is 39.8 Å². The van der Waals surface area contributed by atoms with Crippen LogP contribution in [0.2, 0.25) is 0 Å². The number of nitrogens with zero attached hydrogens (tertiary/aromatic N) is 2. The summed E-state index contributed by atoms with van der Waals surface area (Å²) in [5.41, 5.74) is 3.53. The molecule has 96 valence electrons. The third-order valence-electron chi connectivity index (χ3n) is 2.74. The van der Waals surface area contributed by atoms with Crippen molar-refractivity contribution >= 4 is 11.5 Å². The molecule has 1 heterocycles. The monoisotopic (exact) mass is 261 g/mol. The molecule has 0 aliphatic carbocycles. The number of aromatic nitrogens is 2. The molecule has 2 rings (SSSR count). The van der Waals surface area contributed by atoms with Crippen molar-refractivity contribution in [3.8, 4) is 11.3 Å². The van der Waals surface area contributed by atoms with Gasteiger partial charge in [-0.25, -0.2) is 0 Å². The Hall–Kier alpha value is -1.26. The van der Waals surface area contributed by atoms with Gasteiger partial charge in [0.2, 0.25) is 0 Å². The highest BCUT2D eigenvalue weighted by atomic mass is 32.1. The predicted octanol–water partition coefficient (Wildman–Crippen LogP) is 3.40. The highest BCUT2D eigenvalue weighted by Gasteiger charge is 2.15. The number of hydrogen-bond acceptors (Lipinski definition) is 4. The molecular formula is C14H19N3S.